The molecule has 29 heteroatoms. The van der Waals surface area contributed by atoms with Crippen LogP contribution in [0, 0.1) is 11.3 Å². The number of carbonyl (C=O) groups excluding carboxylic acids is 7. The van der Waals surface area contributed by atoms with Crippen LogP contribution in [0.2, 0.25) is 0 Å². The molecule has 7 amide bonds. The molecule has 1 aromatic heterocycles. The van der Waals surface area contributed by atoms with Crippen LogP contribution >= 0.6 is 0 Å². The largest absolute Gasteiger partial charge is 0.460 e. The number of nitrogens with one attached hydrogen (secondary N) is 4. The zero-order chi connectivity index (χ0) is 62.6. The number of nitrogens with two attached hydrogens (primary N) is 1. The maximum absolute atomic E-state index is 13.9. The lowest BCUT2D eigenvalue weighted by molar-refractivity contribution is -0.154. The lowest BCUT2D eigenvalue weighted by atomic mass is 9.97. The summed E-state index contributed by atoms with van der Waals surface area (Å²) in [6.07, 6.45) is 3.53. The SMILES string of the molecule is COCCOCCOCCOCCOCCOCCOCCOCCOCCOCCOCCOCCn1cc([C@H](CC(=O)N[C@H](C(=O)N[C@@H](CCCNC(N)=O)C(=O)Nc2ccc(COC(=O)C(C)(C)C)cc2)C(C)C)N2C(=O)C=CC2=O)nn1. The Bertz CT molecular complexity index is 2250. The first-order valence-electron chi connectivity index (χ1n) is 29.0. The smallest absolute Gasteiger partial charge is 0.312 e. The molecule has 0 aliphatic carbocycles. The molecule has 29 nitrogen and oxygen atoms in total. The Kier molecular flexibility index (Phi) is 39.0. The standard InChI is InChI=1S/C57H93N9O20/c1-43(2)52(54(71)61-46(8-7-15-59-56(58)73)53(70)60-45-11-9-44(10-12-45)42-86-55(72)57(3,4)5)62-49(67)40-48(66-50(68)13-14-51(66)69)47-41-65(64-63-47)16-17-75-20-21-77-24-25-79-28-29-81-32-33-83-36-37-85-39-38-84-35-34-82-31-30-80-27-26-78-23-22-76-19-18-74-6/h9-14,41,43,46,48,52H,7-8,15-40,42H2,1-6H3,(H,60,70)(H,61,71)(H,62,67)(H3,58,59,73)/t46-,48-,52-/m0/s1. The first-order chi connectivity index (χ1) is 41.5. The number of esters is 1. The second kappa shape index (κ2) is 45.2. The van der Waals surface area contributed by atoms with E-state index in [9.17, 15) is 33.6 Å². The number of amides is 7. The predicted molar refractivity (Wildman–Crippen MR) is 309 cm³/mol. The Morgan fingerprint density at radius 2 is 1.05 bits per heavy atom. The van der Waals surface area contributed by atoms with Crippen molar-refractivity contribution in [1.82, 2.24) is 35.8 Å². The molecule has 486 valence electrons. The van der Waals surface area contributed by atoms with E-state index in [1.54, 1.807) is 66.0 Å². The van der Waals surface area contributed by atoms with Crippen molar-refractivity contribution in [3.05, 3.63) is 53.9 Å². The average Bonchev–Trinajstić information content (AvgIpc) is 2.62. The summed E-state index contributed by atoms with van der Waals surface area (Å²) in [5.74, 6) is -4.14. The Morgan fingerprint density at radius 3 is 1.47 bits per heavy atom. The third-order valence-electron chi connectivity index (χ3n) is 12.1. The number of hydrogen-bond donors (Lipinski definition) is 5. The molecular weight excluding hydrogens is 1130 g/mol. The Labute approximate surface area is 503 Å². The molecule has 6 N–H and O–H groups in total. The molecular formula is C57H93N9O20. The van der Waals surface area contributed by atoms with E-state index in [-0.39, 0.29) is 57.4 Å². The molecule has 0 radical (unpaired) electrons. The van der Waals surface area contributed by atoms with Crippen LogP contribution in [0.1, 0.15) is 71.2 Å². The summed E-state index contributed by atoms with van der Waals surface area (Å²) in [5, 5.41) is 19.0. The van der Waals surface area contributed by atoms with Gasteiger partial charge in [0.05, 0.1) is 183 Å². The van der Waals surface area contributed by atoms with E-state index in [1.807, 2.05) is 0 Å². The van der Waals surface area contributed by atoms with E-state index >= 15 is 0 Å². The summed E-state index contributed by atoms with van der Waals surface area (Å²) in [6, 6.07) is 2.37. The van der Waals surface area contributed by atoms with E-state index in [0.29, 0.717) is 150 Å². The predicted octanol–water partition coefficient (Wildman–Crippen LogP) is 1.27. The Morgan fingerprint density at radius 1 is 0.605 bits per heavy atom. The number of ether oxygens (including phenoxy) is 13. The Balaban J connectivity index is 1.28. The van der Waals surface area contributed by atoms with Crippen LogP contribution in [0.15, 0.2) is 42.6 Å². The molecule has 3 atom stereocenters. The summed E-state index contributed by atoms with van der Waals surface area (Å²) in [7, 11) is 1.63. The van der Waals surface area contributed by atoms with Crippen molar-refractivity contribution in [3.8, 4) is 0 Å². The lowest BCUT2D eigenvalue weighted by Gasteiger charge is -2.27. The molecule has 3 rings (SSSR count). The fourth-order valence-corrected chi connectivity index (χ4v) is 7.49. The van der Waals surface area contributed by atoms with Gasteiger partial charge in [0.2, 0.25) is 17.7 Å². The van der Waals surface area contributed by atoms with Gasteiger partial charge in [0.25, 0.3) is 11.8 Å². The second-order valence-corrected chi connectivity index (χ2v) is 20.5. The highest BCUT2D eigenvalue weighted by atomic mass is 16.6. The van der Waals surface area contributed by atoms with Gasteiger partial charge in [-0.2, -0.15) is 0 Å². The van der Waals surface area contributed by atoms with Crippen LogP contribution in [0.4, 0.5) is 10.5 Å². The summed E-state index contributed by atoms with van der Waals surface area (Å²) >= 11 is 0. The number of urea groups is 1. The normalized spacial score (nSPS) is 13.5. The van der Waals surface area contributed by atoms with Gasteiger partial charge in [-0.25, -0.2) is 9.48 Å². The quantitative estimate of drug-likeness (QED) is 0.0354. The van der Waals surface area contributed by atoms with Crippen molar-refractivity contribution in [1.29, 1.82) is 0 Å². The highest BCUT2D eigenvalue weighted by molar-refractivity contribution is 6.13. The van der Waals surface area contributed by atoms with Crippen LogP contribution < -0.4 is 27.0 Å². The molecule has 0 unspecified atom stereocenters. The van der Waals surface area contributed by atoms with Gasteiger partial charge in [-0.3, -0.25) is 33.7 Å². The number of imide groups is 1. The molecule has 1 aromatic carbocycles. The van der Waals surface area contributed by atoms with Gasteiger partial charge in [0.1, 0.15) is 24.4 Å². The summed E-state index contributed by atoms with van der Waals surface area (Å²) in [4.78, 5) is 91.7. The molecule has 2 heterocycles. The minimum Gasteiger partial charge on any atom is -0.460 e. The average molecular weight is 1220 g/mol. The van der Waals surface area contributed by atoms with Crippen LogP contribution in [0.5, 0.6) is 0 Å². The second-order valence-electron chi connectivity index (χ2n) is 20.5. The number of rotatable bonds is 52. The number of methoxy groups -OCH3 is 1. The van der Waals surface area contributed by atoms with E-state index < -0.39 is 71.4 Å². The number of anilines is 1. The van der Waals surface area contributed by atoms with Crippen molar-refractivity contribution in [2.75, 3.05) is 171 Å². The summed E-state index contributed by atoms with van der Waals surface area (Å²) < 4.78 is 72.3. The minimum atomic E-state index is -1.19. The Hall–Kier alpha value is -6.09. The molecule has 0 spiro atoms. The zero-order valence-corrected chi connectivity index (χ0v) is 50.9. The van der Waals surface area contributed by atoms with Gasteiger partial charge < -0.3 is 88.6 Å². The van der Waals surface area contributed by atoms with Gasteiger partial charge >= 0.3 is 12.0 Å². The first-order valence-corrected chi connectivity index (χ1v) is 29.0. The van der Waals surface area contributed by atoms with Crippen LogP contribution in [-0.2, 0) is 103 Å². The maximum atomic E-state index is 13.9. The zero-order valence-electron chi connectivity index (χ0n) is 50.9. The van der Waals surface area contributed by atoms with Gasteiger partial charge in [0, 0.05) is 31.5 Å². The molecule has 86 heavy (non-hydrogen) atoms. The summed E-state index contributed by atoms with van der Waals surface area (Å²) in [5.41, 5.74) is 5.77. The van der Waals surface area contributed by atoms with Crippen molar-refractivity contribution in [2.45, 2.75) is 85.2 Å². The number of benzene rings is 1. The molecule has 0 fully saturated rings. The van der Waals surface area contributed by atoms with Crippen LogP contribution in [0.25, 0.3) is 0 Å². The fraction of sp³-hybridized carbons (Fsp3) is 0.702. The molecule has 2 aromatic rings. The third kappa shape index (κ3) is 33.7. The third-order valence-corrected chi connectivity index (χ3v) is 12.1. The number of primary amides is 1. The van der Waals surface area contributed by atoms with Gasteiger partial charge in [-0.05, 0) is 57.2 Å². The van der Waals surface area contributed by atoms with Crippen molar-refractivity contribution >= 4 is 47.2 Å². The van der Waals surface area contributed by atoms with E-state index in [1.165, 1.54) is 10.9 Å². The van der Waals surface area contributed by atoms with E-state index in [4.69, 9.17) is 67.3 Å². The van der Waals surface area contributed by atoms with E-state index in [0.717, 1.165) is 17.1 Å². The molecule has 1 aliphatic rings. The monoisotopic (exact) mass is 1220 g/mol. The minimum absolute atomic E-state index is 0.0339. The van der Waals surface area contributed by atoms with Crippen molar-refractivity contribution in [2.24, 2.45) is 17.1 Å². The van der Waals surface area contributed by atoms with Gasteiger partial charge in [-0.15, -0.1) is 5.10 Å². The van der Waals surface area contributed by atoms with Crippen molar-refractivity contribution in [3.63, 3.8) is 0 Å². The molecule has 0 bridgehead atoms. The number of nitrogens with zero attached hydrogens (tertiary/aromatic N) is 4. The van der Waals surface area contributed by atoms with Crippen LogP contribution in [0.3, 0.4) is 0 Å². The topological polar surface area (TPSA) is 348 Å². The summed E-state index contributed by atoms with van der Waals surface area (Å²) in [6.45, 7) is 19.1. The molecule has 0 saturated carbocycles. The highest BCUT2D eigenvalue weighted by Gasteiger charge is 2.37. The van der Waals surface area contributed by atoms with Crippen molar-refractivity contribution < 1.29 is 95.1 Å². The maximum Gasteiger partial charge on any atom is 0.312 e. The number of hydrogen-bond acceptors (Lipinski definition) is 22. The lowest BCUT2D eigenvalue weighted by Crippen LogP contribution is -2.55. The number of aromatic nitrogens is 3. The highest BCUT2D eigenvalue weighted by Crippen LogP contribution is 2.26. The van der Waals surface area contributed by atoms with Gasteiger partial charge in [0.15, 0.2) is 0 Å². The van der Waals surface area contributed by atoms with Gasteiger partial charge in [-0.1, -0.05) is 31.2 Å². The fourth-order valence-electron chi connectivity index (χ4n) is 7.49. The number of carbonyl (C=O) groups is 7. The van der Waals surface area contributed by atoms with Crippen LogP contribution in [-0.4, -0.2) is 239 Å². The van der Waals surface area contributed by atoms with E-state index in [2.05, 4.69) is 31.6 Å². The molecule has 0 saturated heterocycles. The first kappa shape index (κ1) is 74.2. The molecule has 1 aliphatic heterocycles.